The maximum absolute atomic E-state index is 9.27. The Labute approximate surface area is 90.7 Å². The predicted octanol–water partition coefficient (Wildman–Crippen LogP) is -0.379. The second-order valence-electron chi connectivity index (χ2n) is 3.48. The van der Waals surface area contributed by atoms with Crippen LogP contribution in [0.2, 0.25) is 0 Å². The molecule has 2 aromatic rings. The number of hydrogen-bond acceptors (Lipinski definition) is 6. The maximum atomic E-state index is 9.27. The molecule has 1 aliphatic heterocycles. The van der Waals surface area contributed by atoms with Gasteiger partial charge in [0.15, 0.2) is 5.82 Å². The first kappa shape index (κ1) is 9.37. The van der Waals surface area contributed by atoms with E-state index in [2.05, 4.69) is 20.5 Å². The minimum absolute atomic E-state index is 0.0488. The third-order valence-corrected chi connectivity index (χ3v) is 2.44. The summed E-state index contributed by atoms with van der Waals surface area (Å²) in [5.74, 6) is 0.582. The van der Waals surface area contributed by atoms with Crippen LogP contribution in [0.1, 0.15) is 17.2 Å². The lowest BCUT2D eigenvalue weighted by atomic mass is 10.1. The number of ether oxygens (including phenoxy) is 1. The Balaban J connectivity index is 2.02. The van der Waals surface area contributed by atoms with Gasteiger partial charge < -0.3 is 9.84 Å². The summed E-state index contributed by atoms with van der Waals surface area (Å²) in [6, 6.07) is 1.76. The van der Waals surface area contributed by atoms with Crippen molar-refractivity contribution in [3.05, 3.63) is 29.7 Å². The summed E-state index contributed by atoms with van der Waals surface area (Å²) in [6.45, 7) is 0.645. The fourth-order valence-corrected chi connectivity index (χ4v) is 1.54. The van der Waals surface area contributed by atoms with E-state index >= 15 is 0 Å². The van der Waals surface area contributed by atoms with Crippen LogP contribution in [0.25, 0.3) is 5.82 Å². The highest BCUT2D eigenvalue weighted by atomic mass is 16.6. The van der Waals surface area contributed by atoms with Crippen molar-refractivity contribution in [2.24, 2.45) is 0 Å². The summed E-state index contributed by atoms with van der Waals surface area (Å²) in [5.41, 5.74) is 1.72. The Bertz CT molecular complexity index is 495. The molecule has 1 atom stereocenters. The molecule has 3 rings (SSSR count). The van der Waals surface area contributed by atoms with Crippen molar-refractivity contribution in [2.45, 2.75) is 12.7 Å². The lowest BCUT2D eigenvalue weighted by Crippen LogP contribution is -2.03. The van der Waals surface area contributed by atoms with Gasteiger partial charge in [-0.2, -0.15) is 4.68 Å². The van der Waals surface area contributed by atoms with Gasteiger partial charge in [0.1, 0.15) is 12.4 Å². The summed E-state index contributed by atoms with van der Waals surface area (Å²) in [4.78, 5) is 4.22. The standard InChI is InChI=1S/C9H9N5O2/c15-3-6-1-9(14-5-11-12-13-14)10-2-7(6)8-4-16-8/h1-2,5,8,15H,3-4H2/t8-/m1/s1. The van der Waals surface area contributed by atoms with Gasteiger partial charge in [-0.3, -0.25) is 0 Å². The lowest BCUT2D eigenvalue weighted by Gasteiger charge is -2.06. The Morgan fingerprint density at radius 1 is 1.56 bits per heavy atom. The Hall–Kier alpha value is -1.86. The summed E-state index contributed by atoms with van der Waals surface area (Å²) in [5, 5.41) is 20.1. The normalized spacial score (nSPS) is 18.7. The summed E-state index contributed by atoms with van der Waals surface area (Å²) < 4.78 is 6.61. The second-order valence-corrected chi connectivity index (χ2v) is 3.48. The number of aromatic nitrogens is 5. The summed E-state index contributed by atoms with van der Waals surface area (Å²) >= 11 is 0. The Morgan fingerprint density at radius 2 is 2.44 bits per heavy atom. The van der Waals surface area contributed by atoms with E-state index in [0.717, 1.165) is 11.1 Å². The highest BCUT2D eigenvalue weighted by molar-refractivity contribution is 5.35. The van der Waals surface area contributed by atoms with Crippen molar-refractivity contribution < 1.29 is 9.84 Å². The van der Waals surface area contributed by atoms with Crippen LogP contribution in [-0.4, -0.2) is 36.9 Å². The van der Waals surface area contributed by atoms with Gasteiger partial charge in [0.05, 0.1) is 13.2 Å². The largest absolute Gasteiger partial charge is 0.392 e. The molecule has 0 spiro atoms. The molecule has 0 radical (unpaired) electrons. The first-order valence-electron chi connectivity index (χ1n) is 4.83. The molecule has 0 aliphatic carbocycles. The number of tetrazole rings is 1. The first-order valence-corrected chi connectivity index (χ1v) is 4.83. The summed E-state index contributed by atoms with van der Waals surface area (Å²) in [6.07, 6.45) is 3.23. The predicted molar refractivity (Wildman–Crippen MR) is 51.6 cm³/mol. The average molecular weight is 219 g/mol. The van der Waals surface area contributed by atoms with Gasteiger partial charge in [0.25, 0.3) is 0 Å². The van der Waals surface area contributed by atoms with Gasteiger partial charge in [-0.1, -0.05) is 0 Å². The lowest BCUT2D eigenvalue weighted by molar-refractivity contribution is 0.278. The monoisotopic (exact) mass is 219 g/mol. The number of rotatable bonds is 3. The quantitative estimate of drug-likeness (QED) is 0.708. The minimum atomic E-state index is -0.0488. The van der Waals surface area contributed by atoms with Crippen LogP contribution in [0.4, 0.5) is 0 Å². The SMILES string of the molecule is OCc1cc(-n2cnnn2)ncc1[C@H]1CO1. The van der Waals surface area contributed by atoms with E-state index in [9.17, 15) is 5.11 Å². The fraction of sp³-hybridized carbons (Fsp3) is 0.333. The van der Waals surface area contributed by atoms with Gasteiger partial charge in [-0.05, 0) is 22.1 Å². The molecule has 0 saturated carbocycles. The van der Waals surface area contributed by atoms with E-state index in [1.165, 1.54) is 11.0 Å². The zero-order chi connectivity index (χ0) is 11.0. The number of aliphatic hydroxyl groups excluding tert-OH is 1. The van der Waals surface area contributed by atoms with Crippen molar-refractivity contribution in [1.29, 1.82) is 0 Å². The maximum Gasteiger partial charge on any atom is 0.157 e. The van der Waals surface area contributed by atoms with Crippen molar-refractivity contribution in [2.75, 3.05) is 6.61 Å². The average Bonchev–Trinajstić information content (AvgIpc) is 3.03. The van der Waals surface area contributed by atoms with E-state index in [-0.39, 0.29) is 12.7 Å². The molecule has 7 heteroatoms. The highest BCUT2D eigenvalue weighted by Gasteiger charge is 2.27. The third kappa shape index (κ3) is 1.55. The number of pyridine rings is 1. The smallest absolute Gasteiger partial charge is 0.157 e. The molecule has 0 unspecified atom stereocenters. The number of hydrogen-bond donors (Lipinski definition) is 1. The van der Waals surface area contributed by atoms with E-state index in [1.54, 1.807) is 12.3 Å². The molecule has 3 heterocycles. The van der Waals surface area contributed by atoms with Crippen LogP contribution in [0.5, 0.6) is 0 Å². The molecule has 7 nitrogen and oxygen atoms in total. The first-order chi connectivity index (χ1) is 7.88. The fourth-order valence-electron chi connectivity index (χ4n) is 1.54. The minimum Gasteiger partial charge on any atom is -0.392 e. The molecule has 1 aliphatic rings. The van der Waals surface area contributed by atoms with E-state index < -0.39 is 0 Å². The zero-order valence-corrected chi connectivity index (χ0v) is 8.32. The molecule has 1 fully saturated rings. The molecule has 1 N–H and O–H groups in total. The highest BCUT2D eigenvalue weighted by Crippen LogP contribution is 2.32. The molecule has 2 aromatic heterocycles. The molecule has 0 aromatic carbocycles. The topological polar surface area (TPSA) is 89.2 Å². The van der Waals surface area contributed by atoms with Gasteiger partial charge in [0.2, 0.25) is 0 Å². The van der Waals surface area contributed by atoms with E-state index in [4.69, 9.17) is 4.74 Å². The van der Waals surface area contributed by atoms with Gasteiger partial charge in [-0.15, -0.1) is 5.10 Å². The van der Waals surface area contributed by atoms with Crippen LogP contribution in [0.15, 0.2) is 18.6 Å². The van der Waals surface area contributed by atoms with Crippen molar-refractivity contribution >= 4 is 0 Å². The zero-order valence-electron chi connectivity index (χ0n) is 8.32. The molecule has 0 bridgehead atoms. The van der Waals surface area contributed by atoms with Gasteiger partial charge in [-0.25, -0.2) is 4.98 Å². The molecule has 16 heavy (non-hydrogen) atoms. The number of epoxide rings is 1. The molecule has 0 amide bonds. The van der Waals surface area contributed by atoms with Gasteiger partial charge >= 0.3 is 0 Å². The number of aliphatic hydroxyl groups is 1. The molecule has 82 valence electrons. The van der Waals surface area contributed by atoms with Crippen molar-refractivity contribution in [3.63, 3.8) is 0 Å². The second kappa shape index (κ2) is 3.62. The van der Waals surface area contributed by atoms with Crippen molar-refractivity contribution in [3.8, 4) is 5.82 Å². The van der Waals surface area contributed by atoms with Crippen molar-refractivity contribution in [1.82, 2.24) is 25.2 Å². The molecule has 1 saturated heterocycles. The Kier molecular flexibility index (Phi) is 2.12. The van der Waals surface area contributed by atoms with Gasteiger partial charge in [0, 0.05) is 11.8 Å². The molecular formula is C9H9N5O2. The van der Waals surface area contributed by atoms with Crippen LogP contribution in [0, 0.1) is 0 Å². The van der Waals surface area contributed by atoms with Crippen LogP contribution < -0.4 is 0 Å². The van der Waals surface area contributed by atoms with E-state index in [0.29, 0.717) is 12.4 Å². The number of nitrogens with zero attached hydrogens (tertiary/aromatic N) is 5. The third-order valence-electron chi connectivity index (χ3n) is 2.44. The van der Waals surface area contributed by atoms with Crippen LogP contribution in [-0.2, 0) is 11.3 Å². The van der Waals surface area contributed by atoms with Crippen LogP contribution in [0.3, 0.4) is 0 Å². The summed E-state index contributed by atoms with van der Waals surface area (Å²) in [7, 11) is 0. The molecular weight excluding hydrogens is 210 g/mol. The van der Waals surface area contributed by atoms with Crippen LogP contribution >= 0.6 is 0 Å². The Morgan fingerprint density at radius 3 is 3.06 bits per heavy atom. The van der Waals surface area contributed by atoms with E-state index in [1.807, 2.05) is 0 Å².